The highest BCUT2D eigenvalue weighted by Gasteiger charge is 2.19. The number of rotatable bonds is 2. The van der Waals surface area contributed by atoms with Gasteiger partial charge in [0, 0.05) is 0 Å². The summed E-state index contributed by atoms with van der Waals surface area (Å²) in [6.07, 6.45) is 0. The maximum Gasteiger partial charge on any atom is 0.336 e. The van der Waals surface area contributed by atoms with Gasteiger partial charge in [0.25, 0.3) is 0 Å². The van der Waals surface area contributed by atoms with Gasteiger partial charge in [-0.15, -0.1) is 11.3 Å². The van der Waals surface area contributed by atoms with E-state index in [4.69, 9.17) is 0 Å². The molecule has 100 valence electrons. The lowest BCUT2D eigenvalue weighted by Gasteiger charge is -2.07. The summed E-state index contributed by atoms with van der Waals surface area (Å²) in [4.78, 5) is 16.0. The molecule has 2 heterocycles. The fraction of sp³-hybridized carbons (Fsp3) is 0. The molecule has 0 radical (unpaired) electrons. The summed E-state index contributed by atoms with van der Waals surface area (Å²) in [7, 11) is 0. The molecular weight excluding hydrogens is 284 g/mol. The number of carboxylic acid groups (broad SMARTS) is 1. The Morgan fingerprint density at radius 1 is 1.20 bits per heavy atom. The summed E-state index contributed by atoms with van der Waals surface area (Å²) in [5.41, 5.74) is -0.252. The number of nitrogens with zero attached hydrogens (tertiary/aromatic N) is 1. The number of halogens is 2. The summed E-state index contributed by atoms with van der Waals surface area (Å²) < 4.78 is 27.6. The summed E-state index contributed by atoms with van der Waals surface area (Å²) in [6, 6.07) is 6.61. The van der Waals surface area contributed by atoms with Gasteiger partial charge in [0.1, 0.15) is 17.2 Å². The van der Waals surface area contributed by atoms with Gasteiger partial charge in [-0.3, -0.25) is 0 Å². The highest BCUT2D eigenvalue weighted by molar-refractivity contribution is 7.13. The predicted molar refractivity (Wildman–Crippen MR) is 71.9 cm³/mol. The predicted octanol–water partition coefficient (Wildman–Crippen LogP) is 3.94. The van der Waals surface area contributed by atoms with Gasteiger partial charge in [-0.2, -0.15) is 0 Å². The van der Waals surface area contributed by atoms with Crippen LogP contribution in [0.15, 0.2) is 35.7 Å². The molecule has 0 saturated heterocycles. The number of hydrogen-bond donors (Lipinski definition) is 1. The Hall–Kier alpha value is -2.34. The van der Waals surface area contributed by atoms with E-state index in [1.54, 1.807) is 17.5 Å². The molecule has 1 N–H and O–H groups in total. The number of pyridine rings is 1. The summed E-state index contributed by atoms with van der Waals surface area (Å²) >= 11 is 1.34. The molecule has 2 aromatic heterocycles. The molecule has 3 nitrogen and oxygen atoms in total. The van der Waals surface area contributed by atoms with Crippen molar-refractivity contribution in [3.05, 3.63) is 52.9 Å². The van der Waals surface area contributed by atoms with Gasteiger partial charge in [-0.25, -0.2) is 18.6 Å². The van der Waals surface area contributed by atoms with Gasteiger partial charge >= 0.3 is 5.97 Å². The number of thiophene rings is 1. The molecule has 0 bridgehead atoms. The zero-order valence-electron chi connectivity index (χ0n) is 9.93. The largest absolute Gasteiger partial charge is 0.478 e. The van der Waals surface area contributed by atoms with Crippen molar-refractivity contribution in [3.8, 4) is 10.6 Å². The fourth-order valence-corrected chi connectivity index (χ4v) is 2.67. The minimum atomic E-state index is -1.32. The maximum atomic E-state index is 13.8. The molecule has 3 rings (SSSR count). The van der Waals surface area contributed by atoms with E-state index in [0.29, 0.717) is 10.6 Å². The molecule has 0 aliphatic rings. The van der Waals surface area contributed by atoms with E-state index >= 15 is 0 Å². The number of aromatic nitrogens is 1. The van der Waals surface area contributed by atoms with Crippen molar-refractivity contribution in [1.82, 2.24) is 4.98 Å². The average molecular weight is 291 g/mol. The van der Waals surface area contributed by atoms with Crippen molar-refractivity contribution in [2.24, 2.45) is 0 Å². The first-order valence-electron chi connectivity index (χ1n) is 5.64. The van der Waals surface area contributed by atoms with E-state index < -0.39 is 17.6 Å². The second-order valence-electron chi connectivity index (χ2n) is 4.09. The number of carboxylic acids is 1. The number of hydrogen-bond acceptors (Lipinski definition) is 3. The monoisotopic (exact) mass is 291 g/mol. The Morgan fingerprint density at radius 3 is 2.60 bits per heavy atom. The second kappa shape index (κ2) is 4.64. The molecule has 0 fully saturated rings. The first-order chi connectivity index (χ1) is 9.58. The Balaban J connectivity index is 2.43. The van der Waals surface area contributed by atoms with E-state index in [2.05, 4.69) is 4.98 Å². The highest BCUT2D eigenvalue weighted by Crippen LogP contribution is 2.30. The van der Waals surface area contributed by atoms with Crippen LogP contribution in [0.1, 0.15) is 10.4 Å². The van der Waals surface area contributed by atoms with Crippen molar-refractivity contribution < 1.29 is 18.7 Å². The lowest BCUT2D eigenvalue weighted by molar-refractivity contribution is 0.0698. The molecule has 0 aliphatic carbocycles. The molecule has 3 aromatic rings. The summed E-state index contributed by atoms with van der Waals surface area (Å²) in [5.74, 6) is -2.87. The number of aromatic carboxylic acids is 1. The minimum Gasteiger partial charge on any atom is -0.478 e. The standard InChI is InChI=1S/C14H7F2NO2S/c15-8-3-4-9(16)13-12(8)7(14(18)19)6-10(17-13)11-2-1-5-20-11/h1-6H,(H,18,19). The average Bonchev–Trinajstić information content (AvgIpc) is 2.96. The van der Waals surface area contributed by atoms with E-state index in [0.717, 1.165) is 12.1 Å². The van der Waals surface area contributed by atoms with Gasteiger partial charge < -0.3 is 5.11 Å². The Morgan fingerprint density at radius 2 is 1.95 bits per heavy atom. The third-order valence-corrected chi connectivity index (χ3v) is 3.76. The lowest BCUT2D eigenvalue weighted by atomic mass is 10.1. The van der Waals surface area contributed by atoms with Crippen molar-refractivity contribution >= 4 is 28.2 Å². The third-order valence-electron chi connectivity index (χ3n) is 2.86. The summed E-state index contributed by atoms with van der Waals surface area (Å²) in [6.45, 7) is 0. The van der Waals surface area contributed by atoms with Crippen LogP contribution in [-0.4, -0.2) is 16.1 Å². The van der Waals surface area contributed by atoms with E-state index in [1.165, 1.54) is 17.4 Å². The molecule has 0 atom stereocenters. The van der Waals surface area contributed by atoms with Gasteiger partial charge in [-0.05, 0) is 29.6 Å². The van der Waals surface area contributed by atoms with Crippen LogP contribution in [0.5, 0.6) is 0 Å². The Bertz CT molecular complexity index is 816. The molecule has 0 aliphatic heterocycles. The van der Waals surface area contributed by atoms with Crippen LogP contribution in [0.2, 0.25) is 0 Å². The van der Waals surface area contributed by atoms with E-state index in [9.17, 15) is 18.7 Å². The second-order valence-corrected chi connectivity index (χ2v) is 5.04. The van der Waals surface area contributed by atoms with Crippen LogP contribution in [0.25, 0.3) is 21.5 Å². The summed E-state index contributed by atoms with van der Waals surface area (Å²) in [5, 5.41) is 10.7. The molecule has 6 heteroatoms. The zero-order valence-corrected chi connectivity index (χ0v) is 10.7. The fourth-order valence-electron chi connectivity index (χ4n) is 1.99. The number of benzene rings is 1. The minimum absolute atomic E-state index is 0.270. The molecule has 1 aromatic carbocycles. The van der Waals surface area contributed by atoms with Crippen molar-refractivity contribution in [1.29, 1.82) is 0 Å². The molecule has 0 unspecified atom stereocenters. The van der Waals surface area contributed by atoms with E-state index in [-0.39, 0.29) is 16.5 Å². The van der Waals surface area contributed by atoms with Crippen LogP contribution < -0.4 is 0 Å². The van der Waals surface area contributed by atoms with Crippen LogP contribution in [0.3, 0.4) is 0 Å². The number of fused-ring (bicyclic) bond motifs is 1. The quantitative estimate of drug-likeness (QED) is 0.778. The van der Waals surface area contributed by atoms with Gasteiger partial charge in [0.05, 0.1) is 21.5 Å². The molecule has 0 saturated carbocycles. The molecular formula is C14H7F2NO2S. The Labute approximate surface area is 116 Å². The van der Waals surface area contributed by atoms with Gasteiger partial charge in [-0.1, -0.05) is 6.07 Å². The van der Waals surface area contributed by atoms with Crippen LogP contribution in [0, 0.1) is 11.6 Å². The zero-order chi connectivity index (χ0) is 14.3. The van der Waals surface area contributed by atoms with Crippen LogP contribution in [-0.2, 0) is 0 Å². The first kappa shape index (κ1) is 12.7. The smallest absolute Gasteiger partial charge is 0.336 e. The molecule has 20 heavy (non-hydrogen) atoms. The van der Waals surface area contributed by atoms with Gasteiger partial charge in [0.2, 0.25) is 0 Å². The third kappa shape index (κ3) is 1.94. The molecule has 0 spiro atoms. The highest BCUT2D eigenvalue weighted by atomic mass is 32.1. The first-order valence-corrected chi connectivity index (χ1v) is 6.52. The lowest BCUT2D eigenvalue weighted by Crippen LogP contribution is -2.03. The van der Waals surface area contributed by atoms with Crippen LogP contribution in [0.4, 0.5) is 8.78 Å². The maximum absolute atomic E-state index is 13.8. The van der Waals surface area contributed by atoms with Crippen molar-refractivity contribution in [2.45, 2.75) is 0 Å². The van der Waals surface area contributed by atoms with Crippen LogP contribution >= 0.6 is 11.3 Å². The SMILES string of the molecule is O=C(O)c1cc(-c2cccs2)nc2c(F)ccc(F)c12. The topological polar surface area (TPSA) is 50.2 Å². The van der Waals surface area contributed by atoms with E-state index in [1.807, 2.05) is 0 Å². The molecule has 0 amide bonds. The van der Waals surface area contributed by atoms with Crippen molar-refractivity contribution in [3.63, 3.8) is 0 Å². The van der Waals surface area contributed by atoms with Crippen molar-refractivity contribution in [2.75, 3.05) is 0 Å². The Kier molecular flexibility index (Phi) is 2.94. The number of carbonyl (C=O) groups is 1. The van der Waals surface area contributed by atoms with Gasteiger partial charge in [0.15, 0.2) is 0 Å². The normalized spacial score (nSPS) is 10.9.